The number of amides is 2. The molecule has 2 amide bonds. The van der Waals surface area contributed by atoms with Crippen LogP contribution in [0.4, 0.5) is 10.6 Å². The molecule has 2 aromatic rings. The summed E-state index contributed by atoms with van der Waals surface area (Å²) >= 11 is 0. The van der Waals surface area contributed by atoms with Gasteiger partial charge in [0.05, 0.1) is 12.2 Å². The summed E-state index contributed by atoms with van der Waals surface area (Å²) in [5, 5.41) is 10.6. The van der Waals surface area contributed by atoms with E-state index in [0.29, 0.717) is 6.04 Å². The lowest BCUT2D eigenvalue weighted by molar-refractivity contribution is 0.183. The van der Waals surface area contributed by atoms with Crippen LogP contribution in [0.3, 0.4) is 0 Å². The van der Waals surface area contributed by atoms with Crippen molar-refractivity contribution in [3.05, 3.63) is 48.2 Å². The molecule has 1 aliphatic heterocycles. The van der Waals surface area contributed by atoms with E-state index in [1.165, 1.54) is 18.4 Å². The van der Waals surface area contributed by atoms with E-state index in [9.17, 15) is 4.79 Å². The number of rotatable bonds is 5. The number of nitrogens with zero attached hydrogens (tertiary/aromatic N) is 3. The van der Waals surface area contributed by atoms with Crippen LogP contribution >= 0.6 is 0 Å². The monoisotopic (exact) mass is 367 g/mol. The zero-order chi connectivity index (χ0) is 18.5. The van der Waals surface area contributed by atoms with Crippen LogP contribution in [0, 0.1) is 0 Å². The normalized spacial score (nSPS) is 21.3. The number of carbonyl (C=O) groups excluding carboxylic acids is 1. The van der Waals surface area contributed by atoms with Gasteiger partial charge in [-0.3, -0.25) is 10.2 Å². The van der Waals surface area contributed by atoms with Crippen molar-refractivity contribution in [2.24, 2.45) is 0 Å². The number of likely N-dealkylation sites (tertiary alicyclic amines) is 1. The fourth-order valence-electron chi connectivity index (χ4n) is 4.35. The van der Waals surface area contributed by atoms with Crippen LogP contribution in [0.1, 0.15) is 50.1 Å². The average Bonchev–Trinajstić information content (AvgIpc) is 3.34. The van der Waals surface area contributed by atoms with Crippen LogP contribution < -0.4 is 10.6 Å². The molecule has 27 heavy (non-hydrogen) atoms. The third kappa shape index (κ3) is 4.69. The van der Waals surface area contributed by atoms with E-state index in [1.54, 1.807) is 6.20 Å². The van der Waals surface area contributed by atoms with E-state index in [0.717, 1.165) is 51.1 Å². The van der Waals surface area contributed by atoms with Gasteiger partial charge in [-0.25, -0.2) is 9.48 Å². The highest BCUT2D eigenvalue weighted by atomic mass is 16.2. The quantitative estimate of drug-likeness (QED) is 0.845. The van der Waals surface area contributed by atoms with Crippen molar-refractivity contribution in [2.75, 3.05) is 18.4 Å². The predicted molar refractivity (Wildman–Crippen MR) is 107 cm³/mol. The lowest BCUT2D eigenvalue weighted by Crippen LogP contribution is -2.48. The molecule has 1 saturated carbocycles. The average molecular weight is 367 g/mol. The summed E-state index contributed by atoms with van der Waals surface area (Å²) in [4.78, 5) is 15.0. The van der Waals surface area contributed by atoms with E-state index >= 15 is 0 Å². The number of piperidine rings is 1. The Bertz CT molecular complexity index is 738. The van der Waals surface area contributed by atoms with Crippen LogP contribution in [0.2, 0.25) is 0 Å². The Morgan fingerprint density at radius 1 is 1.07 bits per heavy atom. The van der Waals surface area contributed by atoms with E-state index in [2.05, 4.69) is 44.9 Å². The molecule has 144 valence electrons. The number of hydrogen-bond acceptors (Lipinski definition) is 3. The Kier molecular flexibility index (Phi) is 5.72. The molecule has 6 heteroatoms. The molecule has 0 bridgehead atoms. The van der Waals surface area contributed by atoms with Gasteiger partial charge in [0.25, 0.3) is 0 Å². The number of hydrogen-bond donors (Lipinski definition) is 2. The van der Waals surface area contributed by atoms with Gasteiger partial charge in [-0.1, -0.05) is 43.2 Å². The number of urea groups is 1. The molecule has 1 aromatic heterocycles. The van der Waals surface area contributed by atoms with Crippen molar-refractivity contribution in [1.29, 1.82) is 0 Å². The van der Waals surface area contributed by atoms with Crippen LogP contribution in [-0.2, 0) is 6.54 Å². The van der Waals surface area contributed by atoms with Crippen molar-refractivity contribution in [1.82, 2.24) is 20.0 Å². The first-order valence-electron chi connectivity index (χ1n) is 10.2. The lowest BCUT2D eigenvalue weighted by atomic mass is 10.0. The zero-order valence-corrected chi connectivity index (χ0v) is 15.8. The van der Waals surface area contributed by atoms with Gasteiger partial charge in [0.1, 0.15) is 5.82 Å². The maximum atomic E-state index is 12.5. The number of carbonyl (C=O) groups is 1. The van der Waals surface area contributed by atoms with E-state index in [1.807, 2.05) is 16.8 Å². The van der Waals surface area contributed by atoms with Crippen molar-refractivity contribution in [3.8, 4) is 0 Å². The molecular weight excluding hydrogens is 338 g/mol. The first-order valence-corrected chi connectivity index (χ1v) is 10.2. The Morgan fingerprint density at radius 3 is 2.70 bits per heavy atom. The van der Waals surface area contributed by atoms with Gasteiger partial charge in [-0.05, 0) is 37.8 Å². The molecule has 2 heterocycles. The fourth-order valence-corrected chi connectivity index (χ4v) is 4.35. The standard InChI is InChI=1S/C21H29N5O/c27-21(24-20-12-13-22-26(20)19-10-4-5-11-19)23-18-9-6-14-25(16-18)15-17-7-2-1-3-8-17/h1-3,7-8,12-13,18-19H,4-6,9-11,14-16H2,(H2,23,24,27)/t18-/m0/s1. The van der Waals surface area contributed by atoms with Crippen LogP contribution in [0.15, 0.2) is 42.6 Å². The molecule has 2 aliphatic rings. The summed E-state index contributed by atoms with van der Waals surface area (Å²) in [5.74, 6) is 0.802. The molecule has 6 nitrogen and oxygen atoms in total. The molecule has 0 spiro atoms. The predicted octanol–water partition coefficient (Wildman–Crippen LogP) is 3.78. The highest BCUT2D eigenvalue weighted by molar-refractivity contribution is 5.88. The summed E-state index contributed by atoms with van der Waals surface area (Å²) in [5.41, 5.74) is 1.32. The third-order valence-corrected chi connectivity index (χ3v) is 5.67. The second kappa shape index (κ2) is 8.57. The fraction of sp³-hybridized carbons (Fsp3) is 0.524. The summed E-state index contributed by atoms with van der Waals surface area (Å²) < 4.78 is 1.98. The smallest absolute Gasteiger partial charge is 0.320 e. The Balaban J connectivity index is 1.30. The van der Waals surface area contributed by atoms with Crippen LogP contribution in [0.25, 0.3) is 0 Å². The maximum Gasteiger partial charge on any atom is 0.320 e. The molecule has 0 radical (unpaired) electrons. The molecule has 0 unspecified atom stereocenters. The van der Waals surface area contributed by atoms with Gasteiger partial charge < -0.3 is 5.32 Å². The molecule has 2 N–H and O–H groups in total. The lowest BCUT2D eigenvalue weighted by Gasteiger charge is -2.33. The topological polar surface area (TPSA) is 62.2 Å². The van der Waals surface area contributed by atoms with Gasteiger partial charge >= 0.3 is 6.03 Å². The molecule has 1 aromatic carbocycles. The summed E-state index contributed by atoms with van der Waals surface area (Å²) in [6, 6.07) is 12.9. The van der Waals surface area contributed by atoms with Crippen molar-refractivity contribution in [3.63, 3.8) is 0 Å². The molecule has 1 saturated heterocycles. The largest absolute Gasteiger partial charge is 0.334 e. The molecule has 1 aliphatic carbocycles. The second-order valence-corrected chi connectivity index (χ2v) is 7.76. The van der Waals surface area contributed by atoms with Crippen molar-refractivity contribution in [2.45, 2.75) is 57.2 Å². The van der Waals surface area contributed by atoms with Gasteiger partial charge in [0.15, 0.2) is 0 Å². The number of benzene rings is 1. The Hall–Kier alpha value is -2.34. The summed E-state index contributed by atoms with van der Waals surface area (Å²) in [6.45, 7) is 2.92. The number of nitrogens with one attached hydrogen (secondary N) is 2. The zero-order valence-electron chi connectivity index (χ0n) is 15.8. The van der Waals surface area contributed by atoms with Gasteiger partial charge in [-0.15, -0.1) is 0 Å². The van der Waals surface area contributed by atoms with E-state index < -0.39 is 0 Å². The minimum atomic E-state index is -0.124. The molecule has 2 fully saturated rings. The molecule has 4 rings (SSSR count). The molecular formula is C21H29N5O. The third-order valence-electron chi connectivity index (χ3n) is 5.67. The highest BCUT2D eigenvalue weighted by Crippen LogP contribution is 2.31. The van der Waals surface area contributed by atoms with Gasteiger partial charge in [-0.2, -0.15) is 5.10 Å². The minimum Gasteiger partial charge on any atom is -0.334 e. The SMILES string of the molecule is O=C(Nc1ccnn1C1CCCC1)N[C@H]1CCCN(Cc2ccccc2)C1. The van der Waals surface area contributed by atoms with Gasteiger partial charge in [0, 0.05) is 25.2 Å². The summed E-state index contributed by atoms with van der Waals surface area (Å²) in [7, 11) is 0. The number of aromatic nitrogens is 2. The summed E-state index contributed by atoms with van der Waals surface area (Å²) in [6.07, 6.45) is 8.70. The molecule has 1 atom stereocenters. The Labute approximate surface area is 160 Å². The number of anilines is 1. The van der Waals surface area contributed by atoms with Gasteiger partial charge in [0.2, 0.25) is 0 Å². The maximum absolute atomic E-state index is 12.5. The second-order valence-electron chi connectivity index (χ2n) is 7.76. The van der Waals surface area contributed by atoms with E-state index in [-0.39, 0.29) is 12.1 Å². The Morgan fingerprint density at radius 2 is 1.89 bits per heavy atom. The van der Waals surface area contributed by atoms with E-state index in [4.69, 9.17) is 0 Å². The first kappa shape index (κ1) is 18.0. The minimum absolute atomic E-state index is 0.124. The van der Waals surface area contributed by atoms with Crippen molar-refractivity contribution >= 4 is 11.8 Å². The van der Waals surface area contributed by atoms with Crippen LogP contribution in [-0.4, -0.2) is 39.8 Å². The van der Waals surface area contributed by atoms with Crippen LogP contribution in [0.5, 0.6) is 0 Å². The van der Waals surface area contributed by atoms with Crippen molar-refractivity contribution < 1.29 is 4.79 Å². The highest BCUT2D eigenvalue weighted by Gasteiger charge is 2.23. The first-order chi connectivity index (χ1) is 13.3.